The molecule has 0 radical (unpaired) electrons. The number of rotatable bonds is 14. The first-order valence-electron chi connectivity index (χ1n) is 17.2. The van der Waals surface area contributed by atoms with Crippen molar-refractivity contribution in [2.75, 3.05) is 27.3 Å². The summed E-state index contributed by atoms with van der Waals surface area (Å²) in [6, 6.07) is 25.2. The summed E-state index contributed by atoms with van der Waals surface area (Å²) in [5, 5.41) is 31.3. The fraction of sp³-hybridized carbons (Fsp3) is 0.262. The molecule has 2 atom stereocenters. The van der Waals surface area contributed by atoms with Crippen LogP contribution in [0.25, 0.3) is 22.3 Å². The van der Waals surface area contributed by atoms with Crippen LogP contribution in [0.1, 0.15) is 45.0 Å². The fourth-order valence-electron chi connectivity index (χ4n) is 6.53. The van der Waals surface area contributed by atoms with Gasteiger partial charge in [0.15, 0.2) is 0 Å². The van der Waals surface area contributed by atoms with Crippen molar-refractivity contribution in [2.24, 2.45) is 0 Å². The number of carboxylic acid groups (broad SMARTS) is 1. The largest absolute Gasteiger partial charge is 0.491 e. The molecule has 0 amide bonds. The Morgan fingerprint density at radius 2 is 1.72 bits per heavy atom. The molecule has 4 aromatic carbocycles. The van der Waals surface area contributed by atoms with E-state index in [-0.39, 0.29) is 25.8 Å². The molecule has 0 spiro atoms. The summed E-state index contributed by atoms with van der Waals surface area (Å²) >= 11 is 6.73. The molecule has 11 heteroatoms. The molecule has 53 heavy (non-hydrogen) atoms. The maximum Gasteiger partial charge on any atom is 0.323 e. The van der Waals surface area contributed by atoms with Crippen LogP contribution in [0.2, 0.25) is 5.02 Å². The molecule has 3 N–H and O–H groups in total. The van der Waals surface area contributed by atoms with Gasteiger partial charge >= 0.3 is 5.97 Å². The second-order valence-electron chi connectivity index (χ2n) is 13.2. The van der Waals surface area contributed by atoms with E-state index in [4.69, 9.17) is 25.8 Å². The number of nitriles is 1. The van der Waals surface area contributed by atoms with Gasteiger partial charge in [-0.2, -0.15) is 5.26 Å². The number of benzene rings is 4. The second-order valence-corrected chi connectivity index (χ2v) is 13.6. The zero-order valence-corrected chi connectivity index (χ0v) is 30.8. The molecule has 0 aliphatic carbocycles. The third kappa shape index (κ3) is 8.30. The van der Waals surface area contributed by atoms with E-state index in [9.17, 15) is 20.3 Å². The number of likely N-dealkylation sites (N-methyl/N-ethyl adjacent to an activating group) is 1. The molecule has 1 aromatic heterocycles. The molecule has 6 rings (SSSR count). The van der Waals surface area contributed by atoms with Gasteiger partial charge in [-0.15, -0.1) is 0 Å². The van der Waals surface area contributed by atoms with E-state index in [1.807, 2.05) is 12.1 Å². The minimum Gasteiger partial charge on any atom is -0.491 e. The van der Waals surface area contributed by atoms with Gasteiger partial charge in [0.25, 0.3) is 0 Å². The average molecular weight is 733 g/mol. The average Bonchev–Trinajstić information content (AvgIpc) is 3.59. The van der Waals surface area contributed by atoms with E-state index in [1.54, 1.807) is 24.4 Å². The minimum absolute atomic E-state index is 0.0536. The number of ether oxygens (including phenoxy) is 3. The Kier molecular flexibility index (Phi) is 11.6. The molecular formula is C42H41ClN4O6. The number of aromatic nitrogens is 1. The number of carboxylic acids is 1. The van der Waals surface area contributed by atoms with Gasteiger partial charge in [-0.3, -0.25) is 20.0 Å². The number of pyridine rings is 1. The summed E-state index contributed by atoms with van der Waals surface area (Å²) < 4.78 is 18.5. The van der Waals surface area contributed by atoms with E-state index in [1.165, 1.54) is 11.8 Å². The lowest BCUT2D eigenvalue weighted by Crippen LogP contribution is -2.39. The van der Waals surface area contributed by atoms with E-state index in [0.717, 1.165) is 44.7 Å². The van der Waals surface area contributed by atoms with Crippen LogP contribution in [-0.4, -0.2) is 59.4 Å². The molecular weight excluding hydrogens is 692 g/mol. The maximum atomic E-state index is 11.5. The van der Waals surface area contributed by atoms with Gasteiger partial charge in [0.05, 0.1) is 23.2 Å². The van der Waals surface area contributed by atoms with Crippen molar-refractivity contribution in [3.63, 3.8) is 0 Å². The molecule has 1 aliphatic rings. The first-order chi connectivity index (χ1) is 25.6. The fourth-order valence-corrected chi connectivity index (χ4v) is 6.77. The van der Waals surface area contributed by atoms with Gasteiger partial charge < -0.3 is 24.4 Å². The number of fused-ring (bicyclic) bond motifs is 1. The van der Waals surface area contributed by atoms with Crippen molar-refractivity contribution >= 4 is 17.6 Å². The van der Waals surface area contributed by atoms with E-state index >= 15 is 0 Å². The Morgan fingerprint density at radius 1 is 0.981 bits per heavy atom. The molecule has 0 fully saturated rings. The lowest BCUT2D eigenvalue weighted by atomic mass is 9.89. The van der Waals surface area contributed by atoms with Crippen LogP contribution in [-0.2, 0) is 24.6 Å². The zero-order chi connectivity index (χ0) is 37.6. The third-order valence-corrected chi connectivity index (χ3v) is 9.91. The van der Waals surface area contributed by atoms with Crippen LogP contribution in [0.4, 0.5) is 0 Å². The second kappa shape index (κ2) is 16.5. The van der Waals surface area contributed by atoms with Crippen molar-refractivity contribution in [1.29, 1.82) is 5.26 Å². The number of hydrogen-bond acceptors (Lipinski definition) is 9. The van der Waals surface area contributed by atoms with Crippen LogP contribution in [0.15, 0.2) is 85.2 Å². The van der Waals surface area contributed by atoms with Gasteiger partial charge in [-0.05, 0) is 85.1 Å². The third-order valence-electron chi connectivity index (χ3n) is 9.61. The van der Waals surface area contributed by atoms with E-state index in [2.05, 4.69) is 91.7 Å². The summed E-state index contributed by atoms with van der Waals surface area (Å²) in [6.45, 7) is 4.66. The van der Waals surface area contributed by atoms with Gasteiger partial charge in [0.1, 0.15) is 49.2 Å². The number of halogens is 1. The standard InChI is InChI=1S/C42H41ClN4O6/c1-25-30(7-5-9-33(25)34-10-6-8-32(26(34)2)29-11-12-35-38(47(3)4)24-53-40(35)15-29)23-52-41-16-39(51-22-28-13-27(17-44)18-45-19-28)31(14-36(41)43)20-46-37(21-48)42(49)50/h5-16,18-19,37-38,46,48H,20-24H2,1-4H3,(H,49,50). The van der Waals surface area contributed by atoms with Crippen molar-refractivity contribution < 1.29 is 29.2 Å². The molecule has 0 bridgehead atoms. The molecule has 2 unspecified atom stereocenters. The lowest BCUT2D eigenvalue weighted by Gasteiger charge is -2.19. The molecule has 2 heterocycles. The highest BCUT2D eigenvalue weighted by Crippen LogP contribution is 2.41. The SMILES string of the molecule is Cc1c(COc2cc(OCc3cncc(C#N)c3)c(CNC(CO)C(=O)O)cc2Cl)cccc1-c1cccc(-c2ccc3c(c2)OCC3N(C)C)c1C. The van der Waals surface area contributed by atoms with Gasteiger partial charge in [0.2, 0.25) is 0 Å². The van der Waals surface area contributed by atoms with Crippen LogP contribution in [0.3, 0.4) is 0 Å². The number of hydrogen-bond donors (Lipinski definition) is 3. The lowest BCUT2D eigenvalue weighted by molar-refractivity contribution is -0.140. The minimum atomic E-state index is -1.18. The molecule has 0 saturated heterocycles. The number of aliphatic hydroxyl groups excluding tert-OH is 1. The highest BCUT2D eigenvalue weighted by atomic mass is 35.5. The molecule has 1 aliphatic heterocycles. The van der Waals surface area contributed by atoms with Crippen molar-refractivity contribution in [2.45, 2.75) is 45.7 Å². The first-order valence-corrected chi connectivity index (χ1v) is 17.6. The normalized spacial score (nSPS) is 14.0. The number of nitrogens with zero attached hydrogens (tertiary/aromatic N) is 3. The van der Waals surface area contributed by atoms with Gasteiger partial charge in [-0.1, -0.05) is 60.1 Å². The molecule has 10 nitrogen and oxygen atoms in total. The Hall–Kier alpha value is -5.44. The quantitative estimate of drug-likeness (QED) is 0.107. The molecule has 5 aromatic rings. The number of aliphatic carboxylic acids is 1. The highest BCUT2D eigenvalue weighted by molar-refractivity contribution is 6.32. The smallest absolute Gasteiger partial charge is 0.323 e. The topological polar surface area (TPSA) is 137 Å². The van der Waals surface area contributed by atoms with Crippen molar-refractivity contribution in [3.8, 4) is 45.6 Å². The summed E-state index contributed by atoms with van der Waals surface area (Å²) in [5.74, 6) is 0.520. The monoisotopic (exact) mass is 732 g/mol. The van der Waals surface area contributed by atoms with E-state index < -0.39 is 18.6 Å². The first kappa shape index (κ1) is 37.3. The summed E-state index contributed by atoms with van der Waals surface area (Å²) in [5.41, 5.74) is 10.5. The number of aliphatic hydroxyl groups is 1. The summed E-state index contributed by atoms with van der Waals surface area (Å²) in [4.78, 5) is 17.8. The van der Waals surface area contributed by atoms with E-state index in [0.29, 0.717) is 39.8 Å². The summed E-state index contributed by atoms with van der Waals surface area (Å²) in [7, 11) is 4.14. The molecule has 272 valence electrons. The number of nitrogens with one attached hydrogen (secondary N) is 1. The van der Waals surface area contributed by atoms with Crippen molar-refractivity contribution in [3.05, 3.63) is 129 Å². The Bertz CT molecular complexity index is 2180. The van der Waals surface area contributed by atoms with Crippen LogP contribution < -0.4 is 19.5 Å². The molecule has 0 saturated carbocycles. The predicted molar refractivity (Wildman–Crippen MR) is 203 cm³/mol. The number of carbonyl (C=O) groups is 1. The Balaban J connectivity index is 1.25. The van der Waals surface area contributed by atoms with Crippen LogP contribution >= 0.6 is 11.6 Å². The Labute approximate surface area is 314 Å². The zero-order valence-electron chi connectivity index (χ0n) is 30.0. The predicted octanol–water partition coefficient (Wildman–Crippen LogP) is 7.25. The van der Waals surface area contributed by atoms with Gasteiger partial charge in [-0.25, -0.2) is 0 Å². The van der Waals surface area contributed by atoms with Crippen molar-refractivity contribution in [1.82, 2.24) is 15.2 Å². The van der Waals surface area contributed by atoms with Crippen LogP contribution in [0, 0.1) is 25.2 Å². The van der Waals surface area contributed by atoms with Gasteiger partial charge in [0, 0.05) is 41.7 Å². The highest BCUT2D eigenvalue weighted by Gasteiger charge is 2.26. The Morgan fingerprint density at radius 3 is 2.45 bits per heavy atom. The van der Waals surface area contributed by atoms with Crippen LogP contribution in [0.5, 0.6) is 17.2 Å². The summed E-state index contributed by atoms with van der Waals surface area (Å²) in [6.07, 6.45) is 3.07. The maximum absolute atomic E-state index is 11.5.